The predicted molar refractivity (Wildman–Crippen MR) is 72.1 cm³/mol. The van der Waals surface area contributed by atoms with Gasteiger partial charge in [-0.25, -0.2) is 13.1 Å². The highest BCUT2D eigenvalue weighted by Crippen LogP contribution is 2.15. The molecule has 20 heavy (non-hydrogen) atoms. The van der Waals surface area contributed by atoms with E-state index in [4.69, 9.17) is 19.7 Å². The van der Waals surface area contributed by atoms with Crippen LogP contribution in [0, 0.1) is 0 Å². The minimum Gasteiger partial charge on any atom is -0.491 e. The number of ether oxygens (including phenoxy) is 2. The third kappa shape index (κ3) is 5.43. The zero-order chi connectivity index (χ0) is 15.0. The van der Waals surface area contributed by atoms with E-state index in [1.54, 1.807) is 7.11 Å². The maximum atomic E-state index is 11.9. The number of aliphatic hydroxyl groups excluding tert-OH is 2. The molecule has 1 atom stereocenters. The van der Waals surface area contributed by atoms with Gasteiger partial charge in [0.25, 0.3) is 0 Å². The number of hydrogen-bond acceptors (Lipinski definition) is 6. The van der Waals surface area contributed by atoms with Crippen LogP contribution in [0.4, 0.5) is 0 Å². The zero-order valence-corrected chi connectivity index (χ0v) is 12.0. The summed E-state index contributed by atoms with van der Waals surface area (Å²) in [7, 11) is -2.15. The van der Waals surface area contributed by atoms with Gasteiger partial charge < -0.3 is 19.7 Å². The number of rotatable bonds is 9. The summed E-state index contributed by atoms with van der Waals surface area (Å²) < 4.78 is 36.1. The van der Waals surface area contributed by atoms with Crippen molar-refractivity contribution < 1.29 is 28.1 Å². The fourth-order valence-corrected chi connectivity index (χ4v) is 2.38. The summed E-state index contributed by atoms with van der Waals surface area (Å²) in [5.41, 5.74) is 0. The number of nitrogens with one attached hydrogen (secondary N) is 1. The molecule has 0 saturated heterocycles. The van der Waals surface area contributed by atoms with Crippen molar-refractivity contribution in [2.75, 3.05) is 33.5 Å². The molecule has 0 aliphatic heterocycles. The second kappa shape index (κ2) is 8.18. The summed E-state index contributed by atoms with van der Waals surface area (Å²) in [4.78, 5) is 0.0572. The van der Waals surface area contributed by atoms with Crippen LogP contribution >= 0.6 is 0 Å². The summed E-state index contributed by atoms with van der Waals surface area (Å²) in [6.45, 7) is 0.0733. The van der Waals surface area contributed by atoms with Crippen LogP contribution in [0.3, 0.4) is 0 Å². The van der Waals surface area contributed by atoms with Crippen molar-refractivity contribution in [3.63, 3.8) is 0 Å². The van der Waals surface area contributed by atoms with Gasteiger partial charge in [0.1, 0.15) is 12.4 Å². The van der Waals surface area contributed by atoms with Crippen LogP contribution in [0.1, 0.15) is 0 Å². The molecule has 0 amide bonds. The fourth-order valence-electron chi connectivity index (χ4n) is 1.31. The molecule has 3 N–H and O–H groups in total. The first-order valence-corrected chi connectivity index (χ1v) is 7.48. The van der Waals surface area contributed by atoms with E-state index in [9.17, 15) is 8.42 Å². The Labute approximate surface area is 118 Å². The lowest BCUT2D eigenvalue weighted by atomic mass is 10.3. The van der Waals surface area contributed by atoms with Crippen LogP contribution in [-0.4, -0.2) is 58.2 Å². The average molecular weight is 305 g/mol. The van der Waals surface area contributed by atoms with Crippen molar-refractivity contribution in [1.82, 2.24) is 4.72 Å². The summed E-state index contributed by atoms with van der Waals surface area (Å²) in [5.74, 6) is 0.538. The lowest BCUT2D eigenvalue weighted by molar-refractivity contribution is 0.0988. The zero-order valence-electron chi connectivity index (χ0n) is 11.2. The number of benzene rings is 1. The second-order valence-electron chi connectivity index (χ2n) is 4.00. The molecular formula is C12H19NO6S. The van der Waals surface area contributed by atoms with Gasteiger partial charge in [-0.2, -0.15) is 0 Å². The van der Waals surface area contributed by atoms with E-state index < -0.39 is 22.7 Å². The van der Waals surface area contributed by atoms with Crippen LogP contribution in [0.25, 0.3) is 0 Å². The largest absolute Gasteiger partial charge is 0.491 e. The standard InChI is InChI=1S/C12H19NO6S/c1-18-6-7-19-11-2-4-12(5-3-11)20(16,17)13-8-10(15)9-14/h2-5,10,13-15H,6-9H2,1H3. The second-order valence-corrected chi connectivity index (χ2v) is 5.77. The molecule has 0 aliphatic rings. The molecule has 0 heterocycles. The number of aliphatic hydroxyl groups is 2. The molecule has 0 aromatic heterocycles. The Kier molecular flexibility index (Phi) is 6.89. The van der Waals surface area contributed by atoms with E-state index in [0.717, 1.165) is 0 Å². The molecule has 0 aliphatic carbocycles. The maximum absolute atomic E-state index is 11.9. The predicted octanol–water partition coefficient (Wildman–Crippen LogP) is -0.657. The van der Waals surface area contributed by atoms with Gasteiger partial charge in [0, 0.05) is 13.7 Å². The SMILES string of the molecule is COCCOc1ccc(S(=O)(=O)NCC(O)CO)cc1. The van der Waals surface area contributed by atoms with Crippen LogP contribution in [0.5, 0.6) is 5.75 Å². The number of methoxy groups -OCH3 is 1. The first-order valence-electron chi connectivity index (χ1n) is 6.00. The first-order chi connectivity index (χ1) is 9.49. The van der Waals surface area contributed by atoms with Gasteiger partial charge in [-0.1, -0.05) is 0 Å². The van der Waals surface area contributed by atoms with Gasteiger partial charge in [-0.15, -0.1) is 0 Å². The van der Waals surface area contributed by atoms with E-state index in [1.807, 2.05) is 0 Å². The van der Waals surface area contributed by atoms with E-state index in [0.29, 0.717) is 19.0 Å². The normalized spacial score (nSPS) is 13.2. The first kappa shape index (κ1) is 16.9. The Bertz CT molecular complexity index is 487. The Morgan fingerprint density at radius 3 is 2.45 bits per heavy atom. The highest BCUT2D eigenvalue weighted by atomic mass is 32.2. The van der Waals surface area contributed by atoms with E-state index in [-0.39, 0.29) is 11.4 Å². The van der Waals surface area contributed by atoms with Crippen molar-refractivity contribution in [2.24, 2.45) is 0 Å². The molecule has 1 rings (SSSR count). The van der Waals surface area contributed by atoms with Gasteiger partial charge in [0.2, 0.25) is 10.0 Å². The molecule has 0 bridgehead atoms. The quantitative estimate of drug-likeness (QED) is 0.523. The Morgan fingerprint density at radius 2 is 1.90 bits per heavy atom. The molecule has 1 aromatic rings. The molecule has 0 radical (unpaired) electrons. The highest BCUT2D eigenvalue weighted by Gasteiger charge is 2.15. The van der Waals surface area contributed by atoms with Gasteiger partial charge in [0.05, 0.1) is 24.2 Å². The molecular weight excluding hydrogens is 286 g/mol. The third-order valence-corrected chi connectivity index (χ3v) is 3.85. The smallest absolute Gasteiger partial charge is 0.240 e. The lowest BCUT2D eigenvalue weighted by Gasteiger charge is -2.10. The Hall–Kier alpha value is -1.19. The minimum absolute atomic E-state index is 0.0572. The van der Waals surface area contributed by atoms with E-state index in [2.05, 4.69) is 4.72 Å². The average Bonchev–Trinajstić information content (AvgIpc) is 2.45. The molecule has 0 spiro atoms. The molecule has 114 valence electrons. The third-order valence-electron chi connectivity index (χ3n) is 2.41. The van der Waals surface area contributed by atoms with Crippen molar-refractivity contribution in [2.45, 2.75) is 11.0 Å². The lowest BCUT2D eigenvalue weighted by Crippen LogP contribution is -2.33. The van der Waals surface area contributed by atoms with Gasteiger partial charge >= 0.3 is 0 Å². The monoisotopic (exact) mass is 305 g/mol. The van der Waals surface area contributed by atoms with Crippen molar-refractivity contribution in [1.29, 1.82) is 0 Å². The van der Waals surface area contributed by atoms with Crippen molar-refractivity contribution in [3.8, 4) is 5.75 Å². The summed E-state index contributed by atoms with van der Waals surface area (Å²) >= 11 is 0. The number of hydrogen-bond donors (Lipinski definition) is 3. The van der Waals surface area contributed by atoms with Crippen molar-refractivity contribution in [3.05, 3.63) is 24.3 Å². The fraction of sp³-hybridized carbons (Fsp3) is 0.500. The minimum atomic E-state index is -3.71. The van der Waals surface area contributed by atoms with Crippen LogP contribution < -0.4 is 9.46 Å². The van der Waals surface area contributed by atoms with Crippen LogP contribution in [0.2, 0.25) is 0 Å². The maximum Gasteiger partial charge on any atom is 0.240 e. The molecule has 0 saturated carbocycles. The topological polar surface area (TPSA) is 105 Å². The molecule has 1 unspecified atom stereocenters. The molecule has 7 nitrogen and oxygen atoms in total. The summed E-state index contributed by atoms with van der Waals surface area (Å²) in [6, 6.07) is 5.87. The molecule has 1 aromatic carbocycles. The summed E-state index contributed by atoms with van der Waals surface area (Å²) in [6.07, 6.45) is -1.12. The van der Waals surface area contributed by atoms with Gasteiger partial charge in [-0.3, -0.25) is 0 Å². The molecule has 8 heteroatoms. The van der Waals surface area contributed by atoms with Crippen molar-refractivity contribution >= 4 is 10.0 Å². The Morgan fingerprint density at radius 1 is 1.25 bits per heavy atom. The Balaban J connectivity index is 2.62. The number of sulfonamides is 1. The van der Waals surface area contributed by atoms with Gasteiger partial charge in [-0.05, 0) is 24.3 Å². The van der Waals surface area contributed by atoms with E-state index in [1.165, 1.54) is 24.3 Å². The molecule has 0 fully saturated rings. The van der Waals surface area contributed by atoms with E-state index >= 15 is 0 Å². The van der Waals surface area contributed by atoms with Crippen LogP contribution in [0.15, 0.2) is 29.2 Å². The highest BCUT2D eigenvalue weighted by molar-refractivity contribution is 7.89. The van der Waals surface area contributed by atoms with Gasteiger partial charge in [0.15, 0.2) is 0 Å². The summed E-state index contributed by atoms with van der Waals surface area (Å²) in [5, 5.41) is 17.8. The van der Waals surface area contributed by atoms with Crippen LogP contribution in [-0.2, 0) is 14.8 Å².